The van der Waals surface area contributed by atoms with E-state index in [1.54, 1.807) is 24.3 Å². The number of benzene rings is 2. The van der Waals surface area contributed by atoms with Crippen molar-refractivity contribution in [1.82, 2.24) is 4.72 Å². The number of cyclic esters (lactones) is 1. The highest BCUT2D eigenvalue weighted by Crippen LogP contribution is 2.28. The molecule has 1 heterocycles. The van der Waals surface area contributed by atoms with Gasteiger partial charge in [-0.25, -0.2) is 13.2 Å². The van der Waals surface area contributed by atoms with E-state index >= 15 is 0 Å². The van der Waals surface area contributed by atoms with Gasteiger partial charge in [0.05, 0.1) is 28.9 Å². The Morgan fingerprint density at radius 3 is 2.35 bits per heavy atom. The SMILES string of the molecule is CC(=O)Nc1ccc(S(=O)(=O)N[C@@H](C)C(=O)Nc2ccccc2N2CCOC2=O)cc1. The van der Waals surface area contributed by atoms with E-state index in [0.717, 1.165) is 0 Å². The molecule has 0 bridgehead atoms. The van der Waals surface area contributed by atoms with Gasteiger partial charge in [-0.05, 0) is 43.3 Å². The highest BCUT2D eigenvalue weighted by atomic mass is 32.2. The maximum Gasteiger partial charge on any atom is 0.414 e. The Labute approximate surface area is 179 Å². The zero-order chi connectivity index (χ0) is 22.6. The summed E-state index contributed by atoms with van der Waals surface area (Å²) >= 11 is 0. The third-order valence-electron chi connectivity index (χ3n) is 4.42. The Hall–Kier alpha value is -3.44. The molecule has 1 atom stereocenters. The Morgan fingerprint density at radius 2 is 1.74 bits per heavy atom. The van der Waals surface area contributed by atoms with Gasteiger partial charge in [-0.2, -0.15) is 4.72 Å². The minimum absolute atomic E-state index is 0.0542. The summed E-state index contributed by atoms with van der Waals surface area (Å²) in [5.41, 5.74) is 1.27. The molecule has 2 aromatic rings. The van der Waals surface area contributed by atoms with Gasteiger partial charge in [0.15, 0.2) is 0 Å². The van der Waals surface area contributed by atoms with Gasteiger partial charge in [0, 0.05) is 12.6 Å². The lowest BCUT2D eigenvalue weighted by Gasteiger charge is -2.19. The van der Waals surface area contributed by atoms with E-state index in [0.29, 0.717) is 23.6 Å². The van der Waals surface area contributed by atoms with Crippen LogP contribution in [0.25, 0.3) is 0 Å². The number of anilines is 3. The van der Waals surface area contributed by atoms with E-state index in [9.17, 15) is 22.8 Å². The number of amides is 3. The summed E-state index contributed by atoms with van der Waals surface area (Å²) in [5, 5.41) is 5.20. The van der Waals surface area contributed by atoms with Gasteiger partial charge >= 0.3 is 6.09 Å². The topological polar surface area (TPSA) is 134 Å². The largest absolute Gasteiger partial charge is 0.447 e. The Bertz CT molecular complexity index is 1100. The number of rotatable bonds is 7. The minimum Gasteiger partial charge on any atom is -0.447 e. The second-order valence-electron chi connectivity index (χ2n) is 6.82. The van der Waals surface area contributed by atoms with Gasteiger partial charge in [0.2, 0.25) is 21.8 Å². The van der Waals surface area contributed by atoms with Gasteiger partial charge in [-0.1, -0.05) is 12.1 Å². The van der Waals surface area contributed by atoms with Crippen molar-refractivity contribution < 1.29 is 27.5 Å². The molecule has 0 aromatic heterocycles. The number of ether oxygens (including phenoxy) is 1. The molecule has 0 unspecified atom stereocenters. The quantitative estimate of drug-likeness (QED) is 0.595. The highest BCUT2D eigenvalue weighted by molar-refractivity contribution is 7.89. The van der Waals surface area contributed by atoms with Crippen LogP contribution in [0, 0.1) is 0 Å². The smallest absolute Gasteiger partial charge is 0.414 e. The zero-order valence-electron chi connectivity index (χ0n) is 16.9. The van der Waals surface area contributed by atoms with Crippen LogP contribution in [0.4, 0.5) is 21.9 Å². The molecule has 0 saturated carbocycles. The van der Waals surface area contributed by atoms with Crippen LogP contribution < -0.4 is 20.3 Å². The lowest BCUT2D eigenvalue weighted by Crippen LogP contribution is -2.41. The fourth-order valence-corrected chi connectivity index (χ4v) is 4.15. The summed E-state index contributed by atoms with van der Waals surface area (Å²) in [4.78, 5) is 36.9. The molecule has 1 fully saturated rings. The Morgan fingerprint density at radius 1 is 1.06 bits per heavy atom. The average Bonchev–Trinajstić information content (AvgIpc) is 3.13. The average molecular weight is 446 g/mol. The molecule has 3 rings (SSSR count). The van der Waals surface area contributed by atoms with Crippen LogP contribution in [0.2, 0.25) is 0 Å². The molecule has 0 aliphatic carbocycles. The molecule has 0 spiro atoms. The second-order valence-corrected chi connectivity index (χ2v) is 8.53. The van der Waals surface area contributed by atoms with Gasteiger partial charge in [0.25, 0.3) is 0 Å². The van der Waals surface area contributed by atoms with Crippen molar-refractivity contribution in [1.29, 1.82) is 0 Å². The van der Waals surface area contributed by atoms with Gasteiger partial charge in [-0.15, -0.1) is 0 Å². The number of nitrogens with one attached hydrogen (secondary N) is 3. The number of para-hydroxylation sites is 2. The molecule has 2 aromatic carbocycles. The Kier molecular flexibility index (Phi) is 6.56. The molecule has 1 aliphatic rings. The lowest BCUT2D eigenvalue weighted by atomic mass is 10.2. The fourth-order valence-electron chi connectivity index (χ4n) is 2.94. The molecule has 11 heteroatoms. The van der Waals surface area contributed by atoms with Crippen molar-refractivity contribution in [3.8, 4) is 0 Å². The van der Waals surface area contributed by atoms with E-state index < -0.39 is 28.1 Å². The van der Waals surface area contributed by atoms with E-state index in [-0.39, 0.29) is 17.4 Å². The molecule has 0 radical (unpaired) electrons. The summed E-state index contributed by atoms with van der Waals surface area (Å²) in [7, 11) is -3.98. The third-order valence-corrected chi connectivity index (χ3v) is 5.98. The first-order chi connectivity index (χ1) is 14.7. The van der Waals surface area contributed by atoms with E-state index in [2.05, 4.69) is 15.4 Å². The summed E-state index contributed by atoms with van der Waals surface area (Å²) in [6, 6.07) is 11.1. The number of sulfonamides is 1. The van der Waals surface area contributed by atoms with Crippen LogP contribution in [0.15, 0.2) is 53.4 Å². The molecule has 164 valence electrons. The van der Waals surface area contributed by atoms with Gasteiger partial charge in [0.1, 0.15) is 6.61 Å². The number of hydrogen-bond acceptors (Lipinski definition) is 6. The summed E-state index contributed by atoms with van der Waals surface area (Å²) in [6.07, 6.45) is -0.516. The summed E-state index contributed by atoms with van der Waals surface area (Å²) in [5.74, 6) is -0.875. The highest BCUT2D eigenvalue weighted by Gasteiger charge is 2.27. The summed E-state index contributed by atoms with van der Waals surface area (Å²) < 4.78 is 32.5. The summed E-state index contributed by atoms with van der Waals surface area (Å²) in [6.45, 7) is 3.35. The van der Waals surface area contributed by atoms with Crippen molar-refractivity contribution in [2.24, 2.45) is 0 Å². The predicted molar refractivity (Wildman–Crippen MR) is 114 cm³/mol. The number of carbonyl (C=O) groups excluding carboxylic acids is 3. The first-order valence-electron chi connectivity index (χ1n) is 9.41. The standard InChI is InChI=1S/C20H22N4O6S/c1-13(23-31(28,29)16-9-7-15(8-10-16)21-14(2)25)19(26)22-17-5-3-4-6-18(17)24-11-12-30-20(24)27/h3-10,13,23H,11-12H2,1-2H3,(H,21,25)(H,22,26)/t13-/m0/s1. The van der Waals surface area contributed by atoms with Crippen molar-refractivity contribution in [2.75, 3.05) is 28.7 Å². The van der Waals surface area contributed by atoms with E-state index in [4.69, 9.17) is 4.74 Å². The lowest BCUT2D eigenvalue weighted by molar-refractivity contribution is -0.117. The maximum absolute atomic E-state index is 12.6. The van der Waals surface area contributed by atoms with Crippen molar-refractivity contribution >= 4 is 45.0 Å². The van der Waals surface area contributed by atoms with Crippen LogP contribution in [-0.4, -0.2) is 45.5 Å². The molecule has 1 aliphatic heterocycles. The monoisotopic (exact) mass is 446 g/mol. The predicted octanol–water partition coefficient (Wildman–Crippen LogP) is 1.91. The van der Waals surface area contributed by atoms with Crippen LogP contribution in [-0.2, 0) is 24.3 Å². The van der Waals surface area contributed by atoms with Crippen molar-refractivity contribution in [3.63, 3.8) is 0 Å². The molecule has 3 amide bonds. The van der Waals surface area contributed by atoms with Crippen LogP contribution >= 0.6 is 0 Å². The minimum atomic E-state index is -3.98. The molecule has 1 saturated heterocycles. The number of carbonyl (C=O) groups is 3. The number of hydrogen-bond donors (Lipinski definition) is 3. The first-order valence-corrected chi connectivity index (χ1v) is 10.9. The number of nitrogens with zero attached hydrogens (tertiary/aromatic N) is 1. The van der Waals surface area contributed by atoms with E-state index in [1.807, 2.05) is 0 Å². The molecule has 31 heavy (non-hydrogen) atoms. The molecule has 10 nitrogen and oxygen atoms in total. The van der Waals surface area contributed by atoms with Crippen molar-refractivity contribution in [3.05, 3.63) is 48.5 Å². The maximum atomic E-state index is 12.6. The van der Waals surface area contributed by atoms with E-state index in [1.165, 1.54) is 43.0 Å². The first kappa shape index (κ1) is 22.2. The molecule has 3 N–H and O–H groups in total. The second kappa shape index (κ2) is 9.14. The van der Waals surface area contributed by atoms with Crippen LogP contribution in [0.3, 0.4) is 0 Å². The Balaban J connectivity index is 1.69. The molecular weight excluding hydrogens is 424 g/mol. The fraction of sp³-hybridized carbons (Fsp3) is 0.250. The normalized spacial score (nSPS) is 14.6. The van der Waals surface area contributed by atoms with Crippen LogP contribution in [0.1, 0.15) is 13.8 Å². The van der Waals surface area contributed by atoms with Gasteiger partial charge in [-0.3, -0.25) is 14.5 Å². The van der Waals surface area contributed by atoms with Crippen molar-refractivity contribution in [2.45, 2.75) is 24.8 Å². The zero-order valence-corrected chi connectivity index (χ0v) is 17.7. The van der Waals surface area contributed by atoms with Gasteiger partial charge < -0.3 is 15.4 Å². The van der Waals surface area contributed by atoms with Crippen LogP contribution in [0.5, 0.6) is 0 Å². The third kappa shape index (κ3) is 5.38. The molecular formula is C20H22N4O6S.